The molecule has 106 valence electrons. The molecule has 1 aromatic rings. The van der Waals surface area contributed by atoms with Crippen LogP contribution < -0.4 is 10.2 Å². The van der Waals surface area contributed by atoms with Crippen molar-refractivity contribution < 1.29 is 0 Å². The van der Waals surface area contributed by atoms with Gasteiger partial charge in [-0.15, -0.1) is 0 Å². The number of hydrogen-bond acceptors (Lipinski definition) is 5. The van der Waals surface area contributed by atoms with Crippen molar-refractivity contribution in [2.45, 2.75) is 46.1 Å². The van der Waals surface area contributed by atoms with E-state index in [1.165, 1.54) is 12.8 Å². The van der Waals surface area contributed by atoms with Gasteiger partial charge in [0.15, 0.2) is 0 Å². The van der Waals surface area contributed by atoms with Gasteiger partial charge in [-0.2, -0.15) is 15.0 Å². The van der Waals surface area contributed by atoms with Gasteiger partial charge in [0.05, 0.1) is 0 Å². The van der Waals surface area contributed by atoms with Gasteiger partial charge in [0.2, 0.25) is 17.2 Å². The van der Waals surface area contributed by atoms with Crippen molar-refractivity contribution in [3.63, 3.8) is 0 Å². The van der Waals surface area contributed by atoms with E-state index in [-0.39, 0.29) is 5.28 Å². The molecule has 0 bridgehead atoms. The topological polar surface area (TPSA) is 53.9 Å². The summed E-state index contributed by atoms with van der Waals surface area (Å²) in [5, 5.41) is 3.42. The maximum Gasteiger partial charge on any atom is 0.231 e. The van der Waals surface area contributed by atoms with E-state index in [0.29, 0.717) is 17.9 Å². The number of piperidine rings is 1. The maximum atomic E-state index is 6.00. The lowest BCUT2D eigenvalue weighted by Crippen LogP contribution is -2.41. The van der Waals surface area contributed by atoms with Crippen LogP contribution in [-0.4, -0.2) is 34.1 Å². The van der Waals surface area contributed by atoms with Crippen LogP contribution in [-0.2, 0) is 0 Å². The van der Waals surface area contributed by atoms with E-state index >= 15 is 0 Å². The Balaban J connectivity index is 2.16. The molecule has 0 radical (unpaired) electrons. The van der Waals surface area contributed by atoms with Gasteiger partial charge >= 0.3 is 0 Å². The number of halogens is 1. The van der Waals surface area contributed by atoms with Crippen molar-refractivity contribution in [3.05, 3.63) is 5.28 Å². The molecule has 1 fully saturated rings. The molecule has 1 aliphatic rings. The minimum absolute atomic E-state index is 0.259. The third kappa shape index (κ3) is 3.69. The minimum Gasteiger partial charge on any atom is -0.354 e. The Bertz CT molecular complexity index is 425. The molecule has 2 atom stereocenters. The molecular formula is C13H22ClN5. The fraction of sp³-hybridized carbons (Fsp3) is 0.769. The maximum absolute atomic E-state index is 6.00. The van der Waals surface area contributed by atoms with Crippen LogP contribution in [0.3, 0.4) is 0 Å². The predicted octanol–water partition coefficient (Wildman–Crippen LogP) is 2.97. The van der Waals surface area contributed by atoms with E-state index in [1.54, 1.807) is 0 Å². The molecule has 1 aromatic heterocycles. The summed E-state index contributed by atoms with van der Waals surface area (Å²) in [5.41, 5.74) is 0. The van der Waals surface area contributed by atoms with Crippen LogP contribution in [0.15, 0.2) is 0 Å². The van der Waals surface area contributed by atoms with Crippen LogP contribution in [0.5, 0.6) is 0 Å². The van der Waals surface area contributed by atoms with Gasteiger partial charge in [0.25, 0.3) is 0 Å². The summed E-state index contributed by atoms with van der Waals surface area (Å²) >= 11 is 6.00. The summed E-state index contributed by atoms with van der Waals surface area (Å²) in [4.78, 5) is 15.1. The number of anilines is 2. The Morgan fingerprint density at radius 1 is 1.32 bits per heavy atom. The molecular weight excluding hydrogens is 262 g/mol. The second-order valence-electron chi connectivity index (χ2n) is 5.33. The standard InChI is InChI=1S/C13H22ClN5/c1-4-6-15-12-16-11(14)17-13(18-12)19-7-5-9(2)8-10(19)3/h9-10H,4-8H2,1-3H3,(H,15,16,17,18). The number of nitrogens with one attached hydrogen (secondary N) is 1. The molecule has 2 unspecified atom stereocenters. The Kier molecular flexibility index (Phi) is 4.80. The molecule has 0 saturated carbocycles. The molecule has 0 aromatic carbocycles. The van der Waals surface area contributed by atoms with Crippen molar-refractivity contribution in [2.24, 2.45) is 5.92 Å². The van der Waals surface area contributed by atoms with Crippen molar-refractivity contribution in [3.8, 4) is 0 Å². The Hall–Kier alpha value is -1.10. The Morgan fingerprint density at radius 2 is 2.11 bits per heavy atom. The van der Waals surface area contributed by atoms with Crippen molar-refractivity contribution in [2.75, 3.05) is 23.3 Å². The predicted molar refractivity (Wildman–Crippen MR) is 78.8 cm³/mol. The van der Waals surface area contributed by atoms with Gasteiger partial charge in [-0.25, -0.2) is 0 Å². The third-order valence-corrected chi connectivity index (χ3v) is 3.69. The highest BCUT2D eigenvalue weighted by Gasteiger charge is 2.25. The lowest BCUT2D eigenvalue weighted by molar-refractivity contribution is 0.373. The van der Waals surface area contributed by atoms with E-state index in [9.17, 15) is 0 Å². The summed E-state index contributed by atoms with van der Waals surface area (Å²) in [6, 6.07) is 0.446. The first kappa shape index (κ1) is 14.3. The van der Waals surface area contributed by atoms with Gasteiger partial charge in [-0.3, -0.25) is 0 Å². The zero-order valence-corrected chi connectivity index (χ0v) is 12.6. The number of hydrogen-bond donors (Lipinski definition) is 1. The van der Waals surface area contributed by atoms with E-state index in [2.05, 4.69) is 45.9 Å². The summed E-state index contributed by atoms with van der Waals surface area (Å²) in [5.74, 6) is 2.03. The minimum atomic E-state index is 0.259. The molecule has 6 heteroatoms. The van der Waals surface area contributed by atoms with E-state index in [4.69, 9.17) is 11.6 Å². The fourth-order valence-electron chi connectivity index (χ4n) is 2.49. The first-order chi connectivity index (χ1) is 9.10. The van der Waals surface area contributed by atoms with Crippen molar-refractivity contribution >= 4 is 23.5 Å². The molecule has 0 aliphatic carbocycles. The zero-order chi connectivity index (χ0) is 13.8. The van der Waals surface area contributed by atoms with Crippen LogP contribution in [0, 0.1) is 5.92 Å². The average molecular weight is 284 g/mol. The van der Waals surface area contributed by atoms with Crippen LogP contribution >= 0.6 is 11.6 Å². The van der Waals surface area contributed by atoms with Gasteiger partial charge in [0.1, 0.15) is 0 Å². The highest BCUT2D eigenvalue weighted by atomic mass is 35.5. The summed E-state index contributed by atoms with van der Waals surface area (Å²) in [7, 11) is 0. The molecule has 19 heavy (non-hydrogen) atoms. The van der Waals surface area contributed by atoms with Gasteiger partial charge in [0, 0.05) is 19.1 Å². The van der Waals surface area contributed by atoms with E-state index < -0.39 is 0 Å². The molecule has 1 N–H and O–H groups in total. The van der Waals surface area contributed by atoms with E-state index in [0.717, 1.165) is 25.4 Å². The lowest BCUT2D eigenvalue weighted by atomic mass is 9.94. The molecule has 0 amide bonds. The largest absolute Gasteiger partial charge is 0.354 e. The molecule has 5 nitrogen and oxygen atoms in total. The first-order valence-corrected chi connectivity index (χ1v) is 7.40. The van der Waals surface area contributed by atoms with Crippen LogP contribution in [0.1, 0.15) is 40.0 Å². The Labute approximate surface area is 119 Å². The SMILES string of the molecule is CCCNc1nc(Cl)nc(N2CCC(C)CC2C)n1. The van der Waals surface area contributed by atoms with Crippen LogP contribution in [0.2, 0.25) is 5.28 Å². The molecule has 1 aliphatic heterocycles. The average Bonchev–Trinajstić information content (AvgIpc) is 2.35. The summed E-state index contributed by atoms with van der Waals surface area (Å²) in [6.07, 6.45) is 3.36. The number of nitrogens with zero attached hydrogens (tertiary/aromatic N) is 4. The smallest absolute Gasteiger partial charge is 0.231 e. The highest BCUT2D eigenvalue weighted by molar-refractivity contribution is 6.28. The third-order valence-electron chi connectivity index (χ3n) is 3.52. The molecule has 2 heterocycles. The van der Waals surface area contributed by atoms with Gasteiger partial charge in [-0.05, 0) is 43.7 Å². The second-order valence-corrected chi connectivity index (χ2v) is 5.66. The van der Waals surface area contributed by atoms with Crippen LogP contribution in [0.25, 0.3) is 0 Å². The summed E-state index contributed by atoms with van der Waals surface area (Å²) in [6.45, 7) is 8.43. The first-order valence-electron chi connectivity index (χ1n) is 7.02. The monoisotopic (exact) mass is 283 g/mol. The van der Waals surface area contributed by atoms with Gasteiger partial charge < -0.3 is 10.2 Å². The van der Waals surface area contributed by atoms with Crippen molar-refractivity contribution in [1.82, 2.24) is 15.0 Å². The highest BCUT2D eigenvalue weighted by Crippen LogP contribution is 2.26. The molecule has 0 spiro atoms. The lowest BCUT2D eigenvalue weighted by Gasteiger charge is -2.36. The number of rotatable bonds is 4. The molecule has 1 saturated heterocycles. The second kappa shape index (κ2) is 6.37. The number of aromatic nitrogens is 3. The van der Waals surface area contributed by atoms with Gasteiger partial charge in [-0.1, -0.05) is 13.8 Å². The van der Waals surface area contributed by atoms with E-state index in [1.807, 2.05) is 0 Å². The van der Waals surface area contributed by atoms with Crippen LogP contribution in [0.4, 0.5) is 11.9 Å². The zero-order valence-electron chi connectivity index (χ0n) is 11.9. The Morgan fingerprint density at radius 3 is 2.79 bits per heavy atom. The summed E-state index contributed by atoms with van der Waals surface area (Å²) < 4.78 is 0. The molecule has 2 rings (SSSR count). The quantitative estimate of drug-likeness (QED) is 0.921. The normalized spacial score (nSPS) is 23.5. The van der Waals surface area contributed by atoms with Crippen molar-refractivity contribution in [1.29, 1.82) is 0 Å². The fourth-order valence-corrected chi connectivity index (χ4v) is 2.64.